The molecule has 0 aromatic heterocycles. The molecule has 90 valence electrons. The molecule has 17 heavy (non-hydrogen) atoms. The van der Waals surface area contributed by atoms with Gasteiger partial charge in [-0.15, -0.1) is 0 Å². The van der Waals surface area contributed by atoms with Gasteiger partial charge in [0.15, 0.2) is 0 Å². The molecule has 0 saturated heterocycles. The molecule has 4 N–H and O–H groups in total. The van der Waals surface area contributed by atoms with E-state index in [0.29, 0.717) is 16.5 Å². The molecule has 0 saturated carbocycles. The number of benzene rings is 2. The van der Waals surface area contributed by atoms with Gasteiger partial charge in [0.1, 0.15) is 5.75 Å². The van der Waals surface area contributed by atoms with Crippen molar-refractivity contribution in [3.8, 4) is 5.75 Å². The third kappa shape index (κ3) is 2.04. The van der Waals surface area contributed by atoms with E-state index in [-0.39, 0.29) is 10.6 Å². The van der Waals surface area contributed by atoms with Crippen LogP contribution in [0.5, 0.6) is 5.75 Å². The predicted molar refractivity (Wildman–Crippen MR) is 64.6 cm³/mol. The number of fused-ring (bicyclic) bond motifs is 1. The van der Waals surface area contributed by atoms with E-state index in [1.165, 1.54) is 12.1 Å². The van der Waals surface area contributed by atoms with Crippen molar-refractivity contribution in [3.63, 3.8) is 0 Å². The Hall–Kier alpha value is -1.79. The van der Waals surface area contributed by atoms with Gasteiger partial charge in [0.25, 0.3) is 10.1 Å². The van der Waals surface area contributed by atoms with Crippen molar-refractivity contribution in [2.45, 2.75) is 11.8 Å². The Balaban J connectivity index is 2.92. The summed E-state index contributed by atoms with van der Waals surface area (Å²) < 4.78 is 31.0. The number of anilines is 1. The van der Waals surface area contributed by atoms with Gasteiger partial charge in [0, 0.05) is 17.1 Å². The maximum Gasteiger partial charge on any atom is 0.294 e. The number of phenols is 1. The molecule has 0 spiro atoms. The Morgan fingerprint density at radius 1 is 1.18 bits per heavy atom. The van der Waals surface area contributed by atoms with Crippen molar-refractivity contribution in [2.24, 2.45) is 0 Å². The van der Waals surface area contributed by atoms with E-state index in [9.17, 15) is 13.5 Å². The average Bonchev–Trinajstić information content (AvgIpc) is 2.13. The van der Waals surface area contributed by atoms with Gasteiger partial charge in [-0.1, -0.05) is 0 Å². The van der Waals surface area contributed by atoms with Crippen LogP contribution in [-0.2, 0) is 10.1 Å². The molecule has 0 heterocycles. The summed E-state index contributed by atoms with van der Waals surface area (Å²) in [6, 6.07) is 5.50. The SMILES string of the molecule is Cc1cc(N)cc2cc(S(=O)(=O)O)cc(O)c12. The van der Waals surface area contributed by atoms with Crippen LogP contribution in [0, 0.1) is 6.92 Å². The highest BCUT2D eigenvalue weighted by Gasteiger charge is 2.14. The number of aromatic hydroxyl groups is 1. The lowest BCUT2D eigenvalue weighted by Gasteiger charge is -2.08. The van der Waals surface area contributed by atoms with Crippen LogP contribution in [0.15, 0.2) is 29.2 Å². The molecule has 2 aromatic carbocycles. The zero-order valence-electron chi connectivity index (χ0n) is 9.01. The summed E-state index contributed by atoms with van der Waals surface area (Å²) in [6.45, 7) is 1.76. The lowest BCUT2D eigenvalue weighted by Crippen LogP contribution is -1.98. The number of hydrogen-bond donors (Lipinski definition) is 3. The number of nitrogens with two attached hydrogens (primary N) is 1. The third-order valence-electron chi connectivity index (χ3n) is 2.52. The van der Waals surface area contributed by atoms with Gasteiger partial charge in [-0.3, -0.25) is 4.55 Å². The molecule has 5 nitrogen and oxygen atoms in total. The summed E-state index contributed by atoms with van der Waals surface area (Å²) in [4.78, 5) is -0.354. The number of rotatable bonds is 1. The number of phenolic OH excluding ortho intramolecular Hbond substituents is 1. The van der Waals surface area contributed by atoms with Gasteiger partial charge in [0.05, 0.1) is 4.90 Å². The second-order valence-electron chi connectivity index (χ2n) is 3.85. The highest BCUT2D eigenvalue weighted by molar-refractivity contribution is 7.85. The maximum absolute atomic E-state index is 11.0. The third-order valence-corrected chi connectivity index (χ3v) is 3.35. The normalized spacial score (nSPS) is 11.9. The van der Waals surface area contributed by atoms with Gasteiger partial charge < -0.3 is 10.8 Å². The van der Waals surface area contributed by atoms with Crippen molar-refractivity contribution < 1.29 is 18.1 Å². The van der Waals surface area contributed by atoms with Crippen LogP contribution >= 0.6 is 0 Å². The fourth-order valence-corrected chi connectivity index (χ4v) is 2.39. The maximum atomic E-state index is 11.0. The zero-order chi connectivity index (χ0) is 12.8. The lowest BCUT2D eigenvalue weighted by molar-refractivity contribution is 0.470. The van der Waals surface area contributed by atoms with E-state index >= 15 is 0 Å². The summed E-state index contributed by atoms with van der Waals surface area (Å²) in [5, 5.41) is 10.8. The van der Waals surface area contributed by atoms with E-state index in [4.69, 9.17) is 10.3 Å². The molecule has 0 atom stereocenters. The largest absolute Gasteiger partial charge is 0.507 e. The van der Waals surface area contributed by atoms with Gasteiger partial charge in [-0.05, 0) is 36.1 Å². The summed E-state index contributed by atoms with van der Waals surface area (Å²) in [7, 11) is -4.34. The first-order valence-corrected chi connectivity index (χ1v) is 6.23. The Morgan fingerprint density at radius 2 is 1.82 bits per heavy atom. The van der Waals surface area contributed by atoms with Crippen LogP contribution in [-0.4, -0.2) is 18.1 Å². The topological polar surface area (TPSA) is 101 Å². The first kappa shape index (κ1) is 11.7. The Kier molecular flexibility index (Phi) is 2.48. The van der Waals surface area contributed by atoms with Crippen molar-refractivity contribution in [1.82, 2.24) is 0 Å². The number of hydrogen-bond acceptors (Lipinski definition) is 4. The molecule has 0 fully saturated rings. The summed E-state index contributed by atoms with van der Waals surface area (Å²) in [5.74, 6) is -0.201. The second-order valence-corrected chi connectivity index (χ2v) is 5.27. The fourth-order valence-electron chi connectivity index (χ4n) is 1.86. The minimum absolute atomic E-state index is 0.201. The quantitative estimate of drug-likeness (QED) is 0.530. The molecule has 2 rings (SSSR count). The van der Waals surface area contributed by atoms with Gasteiger partial charge in [0.2, 0.25) is 0 Å². The van der Waals surface area contributed by atoms with E-state index in [2.05, 4.69) is 0 Å². The average molecular weight is 253 g/mol. The second kappa shape index (κ2) is 3.61. The van der Waals surface area contributed by atoms with Gasteiger partial charge >= 0.3 is 0 Å². The van der Waals surface area contributed by atoms with E-state index in [1.54, 1.807) is 13.0 Å². The Labute approximate surface area is 98.2 Å². The summed E-state index contributed by atoms with van der Waals surface area (Å²) in [6.07, 6.45) is 0. The van der Waals surface area contributed by atoms with E-state index < -0.39 is 10.1 Å². The van der Waals surface area contributed by atoms with Crippen molar-refractivity contribution in [3.05, 3.63) is 29.8 Å². The van der Waals surface area contributed by atoms with Crippen LogP contribution in [0.2, 0.25) is 0 Å². The minimum atomic E-state index is -4.34. The predicted octanol–water partition coefficient (Wildman–Crippen LogP) is 1.68. The fraction of sp³-hybridized carbons (Fsp3) is 0.0909. The van der Waals surface area contributed by atoms with Crippen molar-refractivity contribution >= 4 is 26.6 Å². The van der Waals surface area contributed by atoms with Crippen molar-refractivity contribution in [1.29, 1.82) is 0 Å². The molecule has 2 aromatic rings. The first-order chi connectivity index (χ1) is 7.79. The molecule has 0 aliphatic carbocycles. The van der Waals surface area contributed by atoms with Crippen LogP contribution in [0.25, 0.3) is 10.8 Å². The molecule has 6 heteroatoms. The Morgan fingerprint density at radius 3 is 2.41 bits per heavy atom. The van der Waals surface area contributed by atoms with Crippen molar-refractivity contribution in [2.75, 3.05) is 5.73 Å². The van der Waals surface area contributed by atoms with E-state index in [0.717, 1.165) is 11.6 Å². The summed E-state index contributed by atoms with van der Waals surface area (Å²) in [5.41, 5.74) is 6.84. The highest BCUT2D eigenvalue weighted by atomic mass is 32.2. The number of nitrogen functional groups attached to an aromatic ring is 1. The molecule has 0 bridgehead atoms. The molecule has 0 amide bonds. The Bertz CT molecular complexity index is 707. The van der Waals surface area contributed by atoms with Gasteiger partial charge in [-0.25, -0.2) is 0 Å². The molecule has 0 unspecified atom stereocenters. The lowest BCUT2D eigenvalue weighted by atomic mass is 10.0. The molecule has 0 aliphatic rings. The van der Waals surface area contributed by atoms with Crippen LogP contribution in [0.1, 0.15) is 5.56 Å². The standard InChI is InChI=1S/C11H11NO4S/c1-6-2-8(12)3-7-4-9(17(14,15)16)5-10(13)11(6)7/h2-5,13H,12H2,1H3,(H,14,15,16). The zero-order valence-corrected chi connectivity index (χ0v) is 9.82. The molecular formula is C11H11NO4S. The molecular weight excluding hydrogens is 242 g/mol. The van der Waals surface area contributed by atoms with E-state index in [1.807, 2.05) is 0 Å². The highest BCUT2D eigenvalue weighted by Crippen LogP contribution is 2.32. The van der Waals surface area contributed by atoms with Crippen LogP contribution < -0.4 is 5.73 Å². The number of aryl methyl sites for hydroxylation is 1. The van der Waals surface area contributed by atoms with Crippen LogP contribution in [0.3, 0.4) is 0 Å². The molecule has 0 aliphatic heterocycles. The van der Waals surface area contributed by atoms with Crippen LogP contribution in [0.4, 0.5) is 5.69 Å². The summed E-state index contributed by atoms with van der Waals surface area (Å²) >= 11 is 0. The monoisotopic (exact) mass is 253 g/mol. The molecule has 0 radical (unpaired) electrons. The van der Waals surface area contributed by atoms with Gasteiger partial charge in [-0.2, -0.15) is 8.42 Å². The first-order valence-electron chi connectivity index (χ1n) is 4.79. The minimum Gasteiger partial charge on any atom is -0.507 e. The smallest absolute Gasteiger partial charge is 0.294 e.